The van der Waals surface area contributed by atoms with Gasteiger partial charge in [0.1, 0.15) is 5.82 Å². The summed E-state index contributed by atoms with van der Waals surface area (Å²) in [5.74, 6) is -0.390. The highest BCUT2D eigenvalue weighted by atomic mass is 32.2. The van der Waals surface area contributed by atoms with Crippen molar-refractivity contribution in [2.75, 3.05) is 44.2 Å². The van der Waals surface area contributed by atoms with Crippen molar-refractivity contribution < 1.29 is 9.18 Å². The number of amidine groups is 1. The minimum Gasteiger partial charge on any atom is -0.367 e. The van der Waals surface area contributed by atoms with Crippen LogP contribution in [0, 0.1) is 5.82 Å². The van der Waals surface area contributed by atoms with Crippen LogP contribution < -0.4 is 4.90 Å². The number of pyridine rings is 1. The summed E-state index contributed by atoms with van der Waals surface area (Å²) in [6.45, 7) is 9.86. The van der Waals surface area contributed by atoms with Crippen molar-refractivity contribution in [3.8, 4) is 11.1 Å². The minimum atomic E-state index is -0.205. The van der Waals surface area contributed by atoms with Crippen LogP contribution in [0.3, 0.4) is 0 Å². The average molecular weight is 530 g/mol. The van der Waals surface area contributed by atoms with Crippen molar-refractivity contribution in [1.82, 2.24) is 14.8 Å². The number of aliphatic imine (C=N–C) groups is 1. The molecular formula is C30H32FN5OS. The van der Waals surface area contributed by atoms with Crippen LogP contribution in [0.25, 0.3) is 28.1 Å². The van der Waals surface area contributed by atoms with Gasteiger partial charge < -0.3 is 9.80 Å². The Morgan fingerprint density at radius 3 is 2.47 bits per heavy atom. The van der Waals surface area contributed by atoms with Crippen LogP contribution in [0.1, 0.15) is 32.3 Å². The molecule has 6 nitrogen and oxygen atoms in total. The molecule has 2 saturated heterocycles. The Morgan fingerprint density at radius 1 is 0.947 bits per heavy atom. The van der Waals surface area contributed by atoms with Gasteiger partial charge in [-0.25, -0.2) is 4.39 Å². The normalized spacial score (nSPS) is 19.8. The number of hydrogen-bond donors (Lipinski definition) is 0. The first-order valence-corrected chi connectivity index (χ1v) is 14.2. The maximum Gasteiger partial charge on any atom is 0.286 e. The highest BCUT2D eigenvalue weighted by molar-refractivity contribution is 8.18. The smallest absolute Gasteiger partial charge is 0.286 e. The van der Waals surface area contributed by atoms with Gasteiger partial charge in [0.2, 0.25) is 0 Å². The molecule has 2 aromatic carbocycles. The molecule has 0 atom stereocenters. The topological polar surface area (TPSA) is 52.0 Å². The van der Waals surface area contributed by atoms with E-state index in [1.165, 1.54) is 11.8 Å². The lowest BCUT2D eigenvalue weighted by Crippen LogP contribution is -2.49. The molecule has 1 aromatic heterocycles. The van der Waals surface area contributed by atoms with Crippen molar-refractivity contribution in [3.63, 3.8) is 0 Å². The molecule has 0 aliphatic carbocycles. The van der Waals surface area contributed by atoms with Gasteiger partial charge in [-0.2, -0.15) is 4.99 Å². The quantitative estimate of drug-likeness (QED) is 0.408. The number of fused-ring (bicyclic) bond motifs is 1. The van der Waals surface area contributed by atoms with Gasteiger partial charge in [-0.15, -0.1) is 0 Å². The van der Waals surface area contributed by atoms with E-state index in [-0.39, 0.29) is 11.7 Å². The number of anilines is 1. The molecule has 3 aromatic rings. The van der Waals surface area contributed by atoms with Crippen molar-refractivity contribution in [2.24, 2.45) is 4.99 Å². The Kier molecular flexibility index (Phi) is 6.93. The first-order valence-electron chi connectivity index (χ1n) is 13.4. The molecule has 2 fully saturated rings. The Morgan fingerprint density at radius 2 is 1.74 bits per heavy atom. The fraction of sp³-hybridized carbons (Fsp3) is 0.367. The van der Waals surface area contributed by atoms with Crippen LogP contribution in [0.2, 0.25) is 0 Å². The Bertz CT molecular complexity index is 1440. The predicted molar refractivity (Wildman–Crippen MR) is 155 cm³/mol. The lowest BCUT2D eigenvalue weighted by atomic mass is 9.99. The van der Waals surface area contributed by atoms with Crippen molar-refractivity contribution in [1.29, 1.82) is 0 Å². The van der Waals surface area contributed by atoms with Crippen LogP contribution >= 0.6 is 11.8 Å². The van der Waals surface area contributed by atoms with E-state index < -0.39 is 0 Å². The fourth-order valence-corrected chi connectivity index (χ4v) is 6.47. The van der Waals surface area contributed by atoms with E-state index in [2.05, 4.69) is 38.5 Å². The first-order chi connectivity index (χ1) is 18.5. The highest BCUT2D eigenvalue weighted by Gasteiger charge is 2.27. The molecule has 0 unspecified atom stereocenters. The number of likely N-dealkylation sites (tertiary alicyclic amines) is 1. The molecule has 0 radical (unpaired) electrons. The molecule has 0 spiro atoms. The molecule has 8 heteroatoms. The van der Waals surface area contributed by atoms with Crippen LogP contribution in [-0.4, -0.2) is 71.2 Å². The van der Waals surface area contributed by atoms with Gasteiger partial charge in [0.25, 0.3) is 5.91 Å². The van der Waals surface area contributed by atoms with E-state index in [1.54, 1.807) is 12.3 Å². The zero-order chi connectivity index (χ0) is 26.2. The van der Waals surface area contributed by atoms with Gasteiger partial charge in [0.15, 0.2) is 5.17 Å². The van der Waals surface area contributed by atoms with E-state index >= 15 is 4.39 Å². The van der Waals surface area contributed by atoms with Gasteiger partial charge in [-0.3, -0.25) is 14.7 Å². The summed E-state index contributed by atoms with van der Waals surface area (Å²) >= 11 is 1.45. The van der Waals surface area contributed by atoms with Gasteiger partial charge in [0, 0.05) is 56.9 Å². The molecule has 0 N–H and O–H groups in total. The fourth-order valence-electron chi connectivity index (χ4n) is 5.51. The second kappa shape index (κ2) is 10.5. The third-order valence-corrected chi connectivity index (χ3v) is 8.74. The molecular weight excluding hydrogens is 497 g/mol. The van der Waals surface area contributed by atoms with Gasteiger partial charge in [-0.05, 0) is 91.5 Å². The minimum absolute atomic E-state index is 0.185. The number of carbonyl (C=O) groups is 1. The maximum absolute atomic E-state index is 15.4. The number of halogens is 1. The van der Waals surface area contributed by atoms with Gasteiger partial charge in [0.05, 0.1) is 16.1 Å². The number of hydrogen-bond acceptors (Lipinski definition) is 6. The number of amides is 1. The largest absolute Gasteiger partial charge is 0.367 e. The van der Waals surface area contributed by atoms with Crippen molar-refractivity contribution >= 4 is 45.5 Å². The number of piperazine rings is 1. The second-order valence-corrected chi connectivity index (χ2v) is 11.4. The summed E-state index contributed by atoms with van der Waals surface area (Å²) in [7, 11) is 0. The Hall–Kier alpha value is -3.23. The SMILES string of the molecule is CC(C)N1CCN(c2ccc(-c3ccnc4ccc(/C=C5\SC(N6CCCC6)=NC5=O)cc34)cc2F)CC1. The Balaban J connectivity index is 1.26. The molecule has 38 heavy (non-hydrogen) atoms. The molecule has 0 bridgehead atoms. The molecule has 196 valence electrons. The van der Waals surface area contributed by atoms with Crippen LogP contribution in [0.5, 0.6) is 0 Å². The van der Waals surface area contributed by atoms with Crippen molar-refractivity contribution in [3.05, 3.63) is 64.9 Å². The standard InChI is InChI=1S/C30H32FN5OS/c1-20(2)34-13-15-35(16-14-34)27-8-6-22(19-25(27)31)23-9-10-32-26-7-5-21(17-24(23)26)18-28-29(37)33-30(38-28)36-11-3-4-12-36/h5-10,17-20H,3-4,11-16H2,1-2H3/b28-18-. The molecule has 0 saturated carbocycles. The van der Waals surface area contributed by atoms with Crippen LogP contribution in [0.4, 0.5) is 10.1 Å². The number of nitrogens with zero attached hydrogens (tertiary/aromatic N) is 5. The summed E-state index contributed by atoms with van der Waals surface area (Å²) < 4.78 is 15.4. The summed E-state index contributed by atoms with van der Waals surface area (Å²) in [4.78, 5) is 28.8. The second-order valence-electron chi connectivity index (χ2n) is 10.4. The van der Waals surface area contributed by atoms with Crippen molar-refractivity contribution in [2.45, 2.75) is 32.7 Å². The summed E-state index contributed by atoms with van der Waals surface area (Å²) in [6, 6.07) is 13.9. The maximum atomic E-state index is 15.4. The molecule has 6 rings (SSSR count). The number of rotatable bonds is 4. The summed E-state index contributed by atoms with van der Waals surface area (Å²) in [5.41, 5.74) is 4.13. The summed E-state index contributed by atoms with van der Waals surface area (Å²) in [5, 5.41) is 1.73. The third-order valence-electron chi connectivity index (χ3n) is 7.69. The van der Waals surface area contributed by atoms with E-state index in [4.69, 9.17) is 0 Å². The van der Waals surface area contributed by atoms with E-state index in [0.29, 0.717) is 16.6 Å². The lowest BCUT2D eigenvalue weighted by Gasteiger charge is -2.38. The molecule has 1 amide bonds. The van der Waals surface area contributed by atoms with Crippen LogP contribution in [0.15, 0.2) is 58.6 Å². The lowest BCUT2D eigenvalue weighted by molar-refractivity contribution is -0.113. The first kappa shape index (κ1) is 25.1. The van der Waals surface area contributed by atoms with E-state index in [9.17, 15) is 4.79 Å². The number of benzene rings is 2. The average Bonchev–Trinajstić information content (AvgIpc) is 3.59. The van der Waals surface area contributed by atoms with Gasteiger partial charge >= 0.3 is 0 Å². The number of aromatic nitrogens is 1. The zero-order valence-electron chi connectivity index (χ0n) is 21.9. The van der Waals surface area contributed by atoms with Gasteiger partial charge in [-0.1, -0.05) is 12.1 Å². The highest BCUT2D eigenvalue weighted by Crippen LogP contribution is 2.35. The molecule has 4 heterocycles. The number of thioether (sulfide) groups is 1. The van der Waals surface area contributed by atoms with E-state index in [1.807, 2.05) is 42.5 Å². The monoisotopic (exact) mass is 529 g/mol. The Labute approximate surface area is 227 Å². The number of carbonyl (C=O) groups excluding carboxylic acids is 1. The molecule has 3 aliphatic rings. The van der Waals surface area contributed by atoms with E-state index in [0.717, 1.165) is 84.9 Å². The summed E-state index contributed by atoms with van der Waals surface area (Å²) in [6.07, 6.45) is 5.95. The molecule has 3 aliphatic heterocycles. The predicted octanol–water partition coefficient (Wildman–Crippen LogP) is 5.64. The zero-order valence-corrected chi connectivity index (χ0v) is 22.7. The van der Waals surface area contributed by atoms with Crippen LogP contribution in [-0.2, 0) is 4.79 Å². The third kappa shape index (κ3) is 4.95.